The highest BCUT2D eigenvalue weighted by molar-refractivity contribution is 5.95. The normalized spacial score (nSPS) is 22.9. The van der Waals surface area contributed by atoms with E-state index in [2.05, 4.69) is 10.1 Å². The van der Waals surface area contributed by atoms with Crippen molar-refractivity contribution in [3.8, 4) is 0 Å². The Morgan fingerprint density at radius 2 is 2.32 bits per heavy atom. The summed E-state index contributed by atoms with van der Waals surface area (Å²) in [7, 11) is 1.29. The molecule has 2 rings (SSSR count). The van der Waals surface area contributed by atoms with Gasteiger partial charge in [0.25, 0.3) is 0 Å². The van der Waals surface area contributed by atoms with Crippen molar-refractivity contribution in [1.82, 2.24) is 0 Å². The van der Waals surface area contributed by atoms with Crippen LogP contribution < -0.4 is 5.32 Å². The van der Waals surface area contributed by atoms with Gasteiger partial charge in [0, 0.05) is 18.3 Å². The van der Waals surface area contributed by atoms with Crippen molar-refractivity contribution < 1.29 is 18.7 Å². The molecule has 0 radical (unpaired) electrons. The number of rotatable bonds is 3. The van der Waals surface area contributed by atoms with Crippen LogP contribution in [0, 0.1) is 5.82 Å². The average Bonchev–Trinajstić information content (AvgIpc) is 2.40. The lowest BCUT2D eigenvalue weighted by Gasteiger charge is -2.29. The van der Waals surface area contributed by atoms with E-state index in [0.29, 0.717) is 12.3 Å². The molecule has 0 aromatic heterocycles. The van der Waals surface area contributed by atoms with Gasteiger partial charge in [-0.25, -0.2) is 9.18 Å². The molecule has 1 saturated heterocycles. The highest BCUT2D eigenvalue weighted by Gasteiger charge is 2.21. The zero-order chi connectivity index (χ0) is 13.8. The summed E-state index contributed by atoms with van der Waals surface area (Å²) in [4.78, 5) is 11.6. The molecule has 1 fully saturated rings. The van der Waals surface area contributed by atoms with Crippen molar-refractivity contribution in [3.63, 3.8) is 0 Å². The van der Waals surface area contributed by atoms with Crippen LogP contribution >= 0.6 is 0 Å². The summed E-state index contributed by atoms with van der Waals surface area (Å²) in [6.45, 7) is 2.70. The van der Waals surface area contributed by atoms with Gasteiger partial charge in [-0.05, 0) is 38.0 Å². The minimum Gasteiger partial charge on any atom is -0.465 e. The summed E-state index contributed by atoms with van der Waals surface area (Å²) in [5.41, 5.74) is 0.828. The van der Waals surface area contributed by atoms with E-state index in [0.717, 1.165) is 12.8 Å². The molecular formula is C14H18FNO3. The van der Waals surface area contributed by atoms with Gasteiger partial charge in [0.2, 0.25) is 0 Å². The molecule has 0 amide bonds. The van der Waals surface area contributed by atoms with E-state index < -0.39 is 11.8 Å². The van der Waals surface area contributed by atoms with Crippen molar-refractivity contribution in [2.75, 3.05) is 19.0 Å². The van der Waals surface area contributed by atoms with Crippen LogP contribution in [0.2, 0.25) is 0 Å². The maximum Gasteiger partial charge on any atom is 0.340 e. The minimum absolute atomic E-state index is 0.188. The number of halogens is 1. The number of benzene rings is 1. The Bertz CT molecular complexity index is 464. The second-order valence-corrected chi connectivity index (χ2v) is 4.73. The van der Waals surface area contributed by atoms with Gasteiger partial charge in [0.15, 0.2) is 0 Å². The largest absolute Gasteiger partial charge is 0.465 e. The van der Waals surface area contributed by atoms with E-state index in [-0.39, 0.29) is 17.7 Å². The van der Waals surface area contributed by atoms with E-state index in [4.69, 9.17) is 4.74 Å². The van der Waals surface area contributed by atoms with Crippen LogP contribution in [0.15, 0.2) is 18.2 Å². The first kappa shape index (κ1) is 13.8. The molecule has 19 heavy (non-hydrogen) atoms. The second kappa shape index (κ2) is 6.02. The van der Waals surface area contributed by atoms with Crippen LogP contribution in [-0.2, 0) is 9.47 Å². The van der Waals surface area contributed by atoms with Crippen LogP contribution in [-0.4, -0.2) is 31.8 Å². The first-order chi connectivity index (χ1) is 9.10. The molecule has 5 heteroatoms. The number of carbonyl (C=O) groups is 1. The van der Waals surface area contributed by atoms with Gasteiger partial charge in [0.05, 0.1) is 18.8 Å². The summed E-state index contributed by atoms with van der Waals surface area (Å²) in [6.07, 6.45) is 1.91. The maximum atomic E-state index is 13.2. The van der Waals surface area contributed by atoms with Gasteiger partial charge in [-0.3, -0.25) is 0 Å². The number of ether oxygens (including phenoxy) is 2. The molecule has 0 aliphatic carbocycles. The van der Waals surface area contributed by atoms with Crippen LogP contribution in [0.1, 0.15) is 30.1 Å². The number of hydrogen-bond donors (Lipinski definition) is 1. The number of methoxy groups -OCH3 is 1. The minimum atomic E-state index is -0.540. The molecule has 1 aliphatic heterocycles. The highest BCUT2D eigenvalue weighted by atomic mass is 19.1. The second-order valence-electron chi connectivity index (χ2n) is 4.73. The SMILES string of the molecule is COC(=O)c1cc(F)ccc1NC1CCOC(C)C1. The fourth-order valence-electron chi connectivity index (χ4n) is 2.27. The topological polar surface area (TPSA) is 47.6 Å². The Morgan fingerprint density at radius 3 is 3.00 bits per heavy atom. The third-order valence-electron chi connectivity index (χ3n) is 3.23. The number of esters is 1. The van der Waals surface area contributed by atoms with Crippen molar-refractivity contribution >= 4 is 11.7 Å². The van der Waals surface area contributed by atoms with Crippen LogP contribution in [0.25, 0.3) is 0 Å². The standard InChI is InChI=1S/C14H18FNO3/c1-9-7-11(5-6-19-9)16-13-4-3-10(15)8-12(13)14(17)18-2/h3-4,8-9,11,16H,5-7H2,1-2H3. The molecule has 1 N–H and O–H groups in total. The predicted octanol–water partition coefficient (Wildman–Crippen LogP) is 2.59. The fraction of sp³-hybridized carbons (Fsp3) is 0.500. The van der Waals surface area contributed by atoms with Crippen molar-refractivity contribution in [1.29, 1.82) is 0 Å². The zero-order valence-corrected chi connectivity index (χ0v) is 11.1. The summed E-state index contributed by atoms with van der Waals surface area (Å²) < 4.78 is 23.4. The quantitative estimate of drug-likeness (QED) is 0.855. The fourth-order valence-corrected chi connectivity index (χ4v) is 2.27. The molecular weight excluding hydrogens is 249 g/mol. The van der Waals surface area contributed by atoms with Crippen molar-refractivity contribution in [2.24, 2.45) is 0 Å². The summed E-state index contributed by atoms with van der Waals surface area (Å²) in [6, 6.07) is 4.31. The van der Waals surface area contributed by atoms with Crippen molar-refractivity contribution in [3.05, 3.63) is 29.6 Å². The molecule has 0 saturated carbocycles. The van der Waals surface area contributed by atoms with Crippen LogP contribution in [0.5, 0.6) is 0 Å². The lowest BCUT2D eigenvalue weighted by atomic mass is 10.0. The Balaban J connectivity index is 2.17. The summed E-state index contributed by atoms with van der Waals surface area (Å²) in [5.74, 6) is -0.992. The van der Waals surface area contributed by atoms with Gasteiger partial charge in [-0.15, -0.1) is 0 Å². The lowest BCUT2D eigenvalue weighted by Crippen LogP contribution is -2.33. The monoisotopic (exact) mass is 267 g/mol. The Hall–Kier alpha value is -1.62. The number of nitrogens with one attached hydrogen (secondary N) is 1. The molecule has 104 valence electrons. The molecule has 1 heterocycles. The highest BCUT2D eigenvalue weighted by Crippen LogP contribution is 2.23. The third-order valence-corrected chi connectivity index (χ3v) is 3.23. The van der Waals surface area contributed by atoms with E-state index in [1.54, 1.807) is 6.07 Å². The molecule has 0 bridgehead atoms. The van der Waals surface area contributed by atoms with Crippen molar-refractivity contribution in [2.45, 2.75) is 31.9 Å². The van der Waals surface area contributed by atoms with E-state index in [9.17, 15) is 9.18 Å². The Kier molecular flexibility index (Phi) is 4.37. The van der Waals surface area contributed by atoms with Gasteiger partial charge >= 0.3 is 5.97 Å². The molecule has 4 nitrogen and oxygen atoms in total. The average molecular weight is 267 g/mol. The van der Waals surface area contributed by atoms with E-state index in [1.807, 2.05) is 6.92 Å². The summed E-state index contributed by atoms with van der Waals surface area (Å²) >= 11 is 0. The van der Waals surface area contributed by atoms with Crippen LogP contribution in [0.3, 0.4) is 0 Å². The number of carbonyl (C=O) groups excluding carboxylic acids is 1. The van der Waals surface area contributed by atoms with Crippen LogP contribution in [0.4, 0.5) is 10.1 Å². The van der Waals surface area contributed by atoms with Gasteiger partial charge in [0.1, 0.15) is 5.82 Å². The molecule has 1 aliphatic rings. The smallest absolute Gasteiger partial charge is 0.340 e. The first-order valence-corrected chi connectivity index (χ1v) is 6.36. The molecule has 2 unspecified atom stereocenters. The Morgan fingerprint density at radius 1 is 1.53 bits per heavy atom. The Labute approximate surface area is 111 Å². The first-order valence-electron chi connectivity index (χ1n) is 6.36. The van der Waals surface area contributed by atoms with Gasteiger partial charge < -0.3 is 14.8 Å². The van der Waals surface area contributed by atoms with E-state index >= 15 is 0 Å². The predicted molar refractivity (Wildman–Crippen MR) is 69.8 cm³/mol. The molecule has 0 spiro atoms. The van der Waals surface area contributed by atoms with Gasteiger partial charge in [-0.1, -0.05) is 0 Å². The molecule has 2 atom stereocenters. The lowest BCUT2D eigenvalue weighted by molar-refractivity contribution is 0.0232. The third kappa shape index (κ3) is 3.44. The number of anilines is 1. The van der Waals surface area contributed by atoms with E-state index in [1.165, 1.54) is 19.2 Å². The molecule has 1 aromatic rings. The zero-order valence-electron chi connectivity index (χ0n) is 11.1. The molecule has 1 aromatic carbocycles. The maximum absolute atomic E-state index is 13.2. The van der Waals surface area contributed by atoms with Gasteiger partial charge in [-0.2, -0.15) is 0 Å². The summed E-state index contributed by atoms with van der Waals surface area (Å²) in [5, 5.41) is 3.27. The number of hydrogen-bond acceptors (Lipinski definition) is 4.